The third-order valence-corrected chi connectivity index (χ3v) is 13.6. The standard InChI is InChI=1S/C46H63ClN6O6/c1-28(54)37-21-34(55)26-53(37)41(58)39(44(2,3)4)49-38(56)27-52-32-17-18-33(52)25-51(24-32)20-10-9-11-29-12-14-30(15-13-29)40(57)50-42-45(5,6)43(46(42,7)8)59-35-19-16-31(23-48)36(47)22-35/h12-16,19,22,32-34,37,39,42-43,55H,9-11,17-18,20-21,24-27H2,1-8H3,(H,49,56)(H,50,57)/t32?,33?,34-,37+,39+,42?,43?/m0/s1. The summed E-state index contributed by atoms with van der Waals surface area (Å²) in [7, 11) is 0. The van der Waals surface area contributed by atoms with Crippen molar-refractivity contribution in [3.8, 4) is 11.8 Å². The molecule has 0 radical (unpaired) electrons. The van der Waals surface area contributed by atoms with E-state index in [-0.39, 0.29) is 78.1 Å². The number of unbranched alkanes of at least 4 members (excludes halogenated alkanes) is 1. The molecular formula is C46H63ClN6O6. The Labute approximate surface area is 355 Å². The van der Waals surface area contributed by atoms with E-state index in [9.17, 15) is 29.5 Å². The summed E-state index contributed by atoms with van der Waals surface area (Å²) in [6, 6.07) is 14.0. The number of carbonyl (C=O) groups excluding carboxylic acids is 4. The number of amides is 3. The number of carbonyl (C=O) groups is 4. The SMILES string of the molecule is CC(=O)[C@H]1C[C@H](O)CN1C(=O)[C@@H](NC(=O)CN1C2CCC1CN(CCCCc1ccc(C(=O)NC3C(C)(C)C(Oc4ccc(C#N)c(Cl)c4)C3(C)C)cc1)C2)C(C)(C)C. The van der Waals surface area contributed by atoms with Crippen LogP contribution in [0.1, 0.15) is 109 Å². The molecule has 6 rings (SSSR count). The lowest BCUT2D eigenvalue weighted by atomic mass is 9.49. The van der Waals surface area contributed by atoms with E-state index in [1.807, 2.05) is 45.0 Å². The van der Waals surface area contributed by atoms with Crippen LogP contribution in [0.15, 0.2) is 42.5 Å². The summed E-state index contributed by atoms with van der Waals surface area (Å²) in [5.74, 6) is -0.173. The van der Waals surface area contributed by atoms with Crippen LogP contribution in [0.4, 0.5) is 0 Å². The van der Waals surface area contributed by atoms with Crippen molar-refractivity contribution >= 4 is 35.1 Å². The Hall–Kier alpha value is -4.02. The predicted molar refractivity (Wildman–Crippen MR) is 227 cm³/mol. The van der Waals surface area contributed by atoms with Crippen LogP contribution in [-0.2, 0) is 20.8 Å². The topological polar surface area (TPSA) is 155 Å². The van der Waals surface area contributed by atoms with Crippen molar-refractivity contribution in [2.24, 2.45) is 16.2 Å². The van der Waals surface area contributed by atoms with Gasteiger partial charge >= 0.3 is 0 Å². The van der Waals surface area contributed by atoms with E-state index < -0.39 is 23.6 Å². The van der Waals surface area contributed by atoms with Gasteiger partial charge in [-0.1, -0.05) is 72.2 Å². The van der Waals surface area contributed by atoms with E-state index in [4.69, 9.17) is 16.3 Å². The Balaban J connectivity index is 0.931. The summed E-state index contributed by atoms with van der Waals surface area (Å²) in [5.41, 5.74) is 0.950. The van der Waals surface area contributed by atoms with Crippen LogP contribution >= 0.6 is 11.6 Å². The monoisotopic (exact) mass is 830 g/mol. The molecule has 0 spiro atoms. The number of ketones is 1. The van der Waals surface area contributed by atoms with E-state index in [1.165, 1.54) is 17.4 Å². The second-order valence-electron chi connectivity index (χ2n) is 19.6. The number of nitrogens with one attached hydrogen (secondary N) is 2. The number of rotatable bonds is 14. The average molecular weight is 831 g/mol. The highest BCUT2D eigenvalue weighted by atomic mass is 35.5. The maximum absolute atomic E-state index is 13.7. The Kier molecular flexibility index (Phi) is 13.2. The smallest absolute Gasteiger partial charge is 0.251 e. The largest absolute Gasteiger partial charge is 0.489 e. The lowest BCUT2D eigenvalue weighted by molar-refractivity contribution is -0.164. The van der Waals surface area contributed by atoms with E-state index >= 15 is 0 Å². The van der Waals surface area contributed by atoms with E-state index in [1.54, 1.807) is 18.2 Å². The first-order chi connectivity index (χ1) is 27.7. The average Bonchev–Trinajstić information content (AvgIpc) is 3.67. The molecule has 3 heterocycles. The number of benzene rings is 2. The Morgan fingerprint density at radius 1 is 0.983 bits per heavy atom. The number of hydrogen-bond acceptors (Lipinski definition) is 9. The van der Waals surface area contributed by atoms with Crippen molar-refractivity contribution in [3.05, 3.63) is 64.2 Å². The van der Waals surface area contributed by atoms with Crippen molar-refractivity contribution in [3.63, 3.8) is 0 Å². The predicted octanol–water partition coefficient (Wildman–Crippen LogP) is 5.38. The molecule has 3 N–H and O–H groups in total. The van der Waals surface area contributed by atoms with Gasteiger partial charge in [0.05, 0.1) is 29.3 Å². The second-order valence-corrected chi connectivity index (χ2v) is 20.1. The highest BCUT2D eigenvalue weighted by molar-refractivity contribution is 6.31. The van der Waals surface area contributed by atoms with Crippen LogP contribution in [-0.4, -0.2) is 118 Å². The number of nitrogens with zero attached hydrogens (tertiary/aromatic N) is 4. The Bertz CT molecular complexity index is 1910. The van der Waals surface area contributed by atoms with Gasteiger partial charge in [-0.2, -0.15) is 5.26 Å². The molecule has 12 nitrogen and oxygen atoms in total. The first-order valence-corrected chi connectivity index (χ1v) is 21.6. The van der Waals surface area contributed by atoms with Crippen LogP contribution in [0, 0.1) is 27.6 Å². The fraction of sp³-hybridized carbons (Fsp3) is 0.630. The van der Waals surface area contributed by atoms with Crippen LogP contribution in [0.25, 0.3) is 0 Å². The number of likely N-dealkylation sites (tertiary alicyclic amines) is 2. The number of hydrogen-bond donors (Lipinski definition) is 3. The van der Waals surface area contributed by atoms with Gasteiger partial charge in [0.2, 0.25) is 11.8 Å². The minimum Gasteiger partial charge on any atom is -0.489 e. The number of aliphatic hydroxyl groups excluding tert-OH is 1. The number of ether oxygens (including phenoxy) is 1. The number of fused-ring (bicyclic) bond motifs is 2. The zero-order valence-corrected chi connectivity index (χ0v) is 36.8. The number of β-amino-alcohol motifs (C(OH)–C–C–N with tert-alkyl or cyclic N) is 1. The van der Waals surface area contributed by atoms with Gasteiger partial charge in [0.1, 0.15) is 24.0 Å². The van der Waals surface area contributed by atoms with Crippen molar-refractivity contribution < 1.29 is 29.0 Å². The van der Waals surface area contributed by atoms with Crippen molar-refractivity contribution in [2.75, 3.05) is 32.7 Å². The normalized spacial score (nSPS) is 26.7. The summed E-state index contributed by atoms with van der Waals surface area (Å²) in [5, 5.41) is 26.1. The van der Waals surface area contributed by atoms with Gasteiger partial charge in [-0.15, -0.1) is 0 Å². The molecule has 320 valence electrons. The highest BCUT2D eigenvalue weighted by Gasteiger charge is 2.64. The molecule has 2 aromatic carbocycles. The Morgan fingerprint density at radius 2 is 1.63 bits per heavy atom. The van der Waals surface area contributed by atoms with Crippen LogP contribution in [0.3, 0.4) is 0 Å². The van der Waals surface area contributed by atoms with E-state index in [0.717, 1.165) is 51.7 Å². The van der Waals surface area contributed by atoms with E-state index in [2.05, 4.69) is 54.2 Å². The highest BCUT2D eigenvalue weighted by Crippen LogP contribution is 2.55. The van der Waals surface area contributed by atoms with Gasteiger partial charge < -0.3 is 30.3 Å². The molecule has 3 saturated heterocycles. The van der Waals surface area contributed by atoms with Crippen molar-refractivity contribution in [1.29, 1.82) is 5.26 Å². The van der Waals surface area contributed by atoms with Crippen molar-refractivity contribution in [2.45, 2.75) is 136 Å². The minimum absolute atomic E-state index is 0.0971. The fourth-order valence-corrected chi connectivity index (χ4v) is 10.7. The molecule has 1 saturated carbocycles. The molecule has 3 amide bonds. The first kappa shape index (κ1) is 44.5. The maximum Gasteiger partial charge on any atom is 0.251 e. The molecule has 3 aliphatic heterocycles. The number of aryl methyl sites for hydroxylation is 1. The molecule has 2 aromatic rings. The third kappa shape index (κ3) is 9.64. The van der Waals surface area contributed by atoms with Gasteiger partial charge in [0.25, 0.3) is 5.91 Å². The molecule has 2 bridgehead atoms. The second kappa shape index (κ2) is 17.5. The zero-order valence-electron chi connectivity index (χ0n) is 36.0. The number of halogens is 1. The van der Waals surface area contributed by atoms with Gasteiger partial charge in [-0.05, 0) is 80.8 Å². The first-order valence-electron chi connectivity index (χ1n) is 21.2. The number of Topliss-reactive ketones (excluding diaryl/α,β-unsaturated/α-hetero) is 1. The molecular weight excluding hydrogens is 768 g/mol. The molecule has 1 aliphatic carbocycles. The summed E-state index contributed by atoms with van der Waals surface area (Å²) >= 11 is 6.25. The van der Waals surface area contributed by atoms with Crippen LogP contribution in [0.2, 0.25) is 5.02 Å². The summed E-state index contributed by atoms with van der Waals surface area (Å²) in [6.07, 6.45) is 4.39. The molecule has 2 unspecified atom stereocenters. The molecule has 4 fully saturated rings. The van der Waals surface area contributed by atoms with Gasteiger partial charge in [-0.25, -0.2) is 0 Å². The lowest BCUT2D eigenvalue weighted by Gasteiger charge is -2.63. The Morgan fingerprint density at radius 3 is 2.20 bits per heavy atom. The number of aliphatic hydroxyl groups is 1. The lowest BCUT2D eigenvalue weighted by Crippen LogP contribution is -2.74. The van der Waals surface area contributed by atoms with E-state index in [0.29, 0.717) is 21.9 Å². The summed E-state index contributed by atoms with van der Waals surface area (Å²) in [4.78, 5) is 59.1. The summed E-state index contributed by atoms with van der Waals surface area (Å²) in [6.45, 7) is 18.7. The van der Waals surface area contributed by atoms with Crippen LogP contribution in [0.5, 0.6) is 5.75 Å². The maximum atomic E-state index is 13.7. The molecule has 59 heavy (non-hydrogen) atoms. The fourth-order valence-electron chi connectivity index (χ4n) is 10.4. The summed E-state index contributed by atoms with van der Waals surface area (Å²) < 4.78 is 6.37. The molecule has 4 aliphatic rings. The van der Waals surface area contributed by atoms with Crippen LogP contribution < -0.4 is 15.4 Å². The molecule has 0 aromatic heterocycles. The van der Waals surface area contributed by atoms with Gasteiger partial charge in [-0.3, -0.25) is 24.1 Å². The third-order valence-electron chi connectivity index (χ3n) is 13.3. The van der Waals surface area contributed by atoms with Gasteiger partial charge in [0.15, 0.2) is 5.78 Å². The van der Waals surface area contributed by atoms with Gasteiger partial charge in [0, 0.05) is 66.6 Å². The molecule has 13 heteroatoms. The van der Waals surface area contributed by atoms with Crippen molar-refractivity contribution in [1.82, 2.24) is 25.3 Å². The zero-order chi connectivity index (χ0) is 43.0. The number of piperazine rings is 1. The minimum atomic E-state index is -0.806. The number of nitriles is 1. The quantitative estimate of drug-likeness (QED) is 0.213. The molecule has 5 atom stereocenters.